The molecule has 0 aliphatic rings. The van der Waals surface area contributed by atoms with Crippen LogP contribution < -0.4 is 0 Å². The largest absolute Gasteiger partial charge is 0.478 e. The first-order valence-corrected chi connectivity index (χ1v) is 3.75. The molecule has 0 unspecified atom stereocenters. The van der Waals surface area contributed by atoms with E-state index in [2.05, 4.69) is 0 Å². The molecule has 1 aromatic carbocycles. The van der Waals surface area contributed by atoms with Crippen molar-refractivity contribution in [2.75, 3.05) is 0 Å². The summed E-state index contributed by atoms with van der Waals surface area (Å²) in [6.07, 6.45) is 1.15. The van der Waals surface area contributed by atoms with Crippen molar-refractivity contribution in [3.63, 3.8) is 0 Å². The third-order valence-corrected chi connectivity index (χ3v) is 1.94. The lowest BCUT2D eigenvalue weighted by molar-refractivity contribution is 0.0699. The summed E-state index contributed by atoms with van der Waals surface area (Å²) in [5, 5.41) is 9.40. The Morgan fingerprint density at radius 3 is 3.00 bits per heavy atom. The molecule has 0 spiro atoms. The number of carbonyl (C=O) groups is 1. The van der Waals surface area contributed by atoms with Crippen molar-refractivity contribution in [1.82, 2.24) is 4.57 Å². The average Bonchev–Trinajstić information content (AvgIpc) is 2.56. The summed E-state index contributed by atoms with van der Waals surface area (Å²) >= 11 is 0. The van der Waals surface area contributed by atoms with E-state index >= 15 is 0 Å². The minimum atomic E-state index is -2.37. The predicted molar refractivity (Wildman–Crippen MR) is 49.9 cm³/mol. The highest BCUT2D eigenvalue weighted by atomic mass is 16.4. The number of carboxylic acid groups (broad SMARTS) is 1. The molecule has 0 aliphatic heterocycles. The van der Waals surface area contributed by atoms with Gasteiger partial charge in [-0.15, -0.1) is 0 Å². The van der Waals surface area contributed by atoms with Gasteiger partial charge >= 0.3 is 5.97 Å². The molecule has 0 radical (unpaired) electrons. The Balaban J connectivity index is 2.82. The van der Waals surface area contributed by atoms with Gasteiger partial charge in [-0.25, -0.2) is 4.79 Å². The van der Waals surface area contributed by atoms with Gasteiger partial charge in [-0.2, -0.15) is 0 Å². The Kier molecular flexibility index (Phi) is 1.02. The van der Waals surface area contributed by atoms with E-state index in [1.54, 1.807) is 24.3 Å². The van der Waals surface area contributed by atoms with Crippen LogP contribution in [0.5, 0.6) is 0 Å². The SMILES string of the molecule is [2H]C([2H])([2H])n1cc(C(=O)O)c2ccccc21. The van der Waals surface area contributed by atoms with Crippen LogP contribution >= 0.6 is 0 Å². The molecule has 3 heteroatoms. The third-order valence-electron chi connectivity index (χ3n) is 1.94. The molecule has 0 saturated carbocycles. The lowest BCUT2D eigenvalue weighted by Gasteiger charge is -1.92. The van der Waals surface area contributed by atoms with Gasteiger partial charge in [-0.1, -0.05) is 18.2 Å². The lowest BCUT2D eigenvalue weighted by Crippen LogP contribution is -1.93. The highest BCUT2D eigenvalue weighted by Gasteiger charge is 2.10. The van der Waals surface area contributed by atoms with Crippen LogP contribution in [-0.2, 0) is 6.98 Å². The predicted octanol–water partition coefficient (Wildman–Crippen LogP) is 1.88. The summed E-state index contributed by atoms with van der Waals surface area (Å²) in [7, 11) is 0. The lowest BCUT2D eigenvalue weighted by atomic mass is 10.2. The van der Waals surface area contributed by atoms with E-state index in [0.717, 1.165) is 10.8 Å². The highest BCUT2D eigenvalue weighted by molar-refractivity contribution is 6.03. The van der Waals surface area contributed by atoms with E-state index in [0.29, 0.717) is 10.9 Å². The maximum Gasteiger partial charge on any atom is 0.337 e. The van der Waals surface area contributed by atoms with Gasteiger partial charge in [-0.3, -0.25) is 0 Å². The molecule has 0 saturated heterocycles. The molecule has 0 amide bonds. The van der Waals surface area contributed by atoms with E-state index < -0.39 is 12.9 Å². The number of aryl methyl sites for hydroxylation is 1. The molecule has 3 nitrogen and oxygen atoms in total. The van der Waals surface area contributed by atoms with Crippen LogP contribution in [0, 0.1) is 0 Å². The second-order valence-electron chi connectivity index (χ2n) is 2.74. The quantitative estimate of drug-likeness (QED) is 0.724. The molecule has 0 fully saturated rings. The molecular formula is C10H9NO2. The molecule has 1 heterocycles. The van der Waals surface area contributed by atoms with E-state index in [1.165, 1.54) is 0 Å². The van der Waals surface area contributed by atoms with Crippen LogP contribution in [0.2, 0.25) is 0 Å². The number of hydrogen-bond donors (Lipinski definition) is 1. The second-order valence-corrected chi connectivity index (χ2v) is 2.74. The fourth-order valence-corrected chi connectivity index (χ4v) is 1.35. The molecule has 0 aliphatic carbocycles. The summed E-state index contributed by atoms with van der Waals surface area (Å²) < 4.78 is 22.9. The Morgan fingerprint density at radius 2 is 2.31 bits per heavy atom. The number of nitrogens with zero attached hydrogens (tertiary/aromatic N) is 1. The van der Waals surface area contributed by atoms with Gasteiger partial charge in [0, 0.05) is 28.2 Å². The summed E-state index contributed by atoms with van der Waals surface area (Å²) in [5.41, 5.74) is 0.409. The normalized spacial score (nSPS) is 14.9. The second kappa shape index (κ2) is 2.62. The molecule has 1 N–H and O–H groups in total. The van der Waals surface area contributed by atoms with Crippen molar-refractivity contribution in [3.8, 4) is 0 Å². The molecule has 2 aromatic rings. The van der Waals surface area contributed by atoms with E-state index in [1.807, 2.05) is 0 Å². The molecule has 0 bridgehead atoms. The fraction of sp³-hybridized carbons (Fsp3) is 0.100. The van der Waals surface area contributed by atoms with Crippen LogP contribution in [0.15, 0.2) is 30.5 Å². The van der Waals surface area contributed by atoms with E-state index in [4.69, 9.17) is 9.22 Å². The molecule has 0 atom stereocenters. The number of benzene rings is 1. The van der Waals surface area contributed by atoms with Gasteiger partial charge in [-0.05, 0) is 6.07 Å². The molecule has 66 valence electrons. The van der Waals surface area contributed by atoms with Crippen LogP contribution in [-0.4, -0.2) is 15.6 Å². The Morgan fingerprint density at radius 1 is 1.54 bits per heavy atom. The number of aromatic nitrogens is 1. The Hall–Kier alpha value is -1.77. The average molecular weight is 178 g/mol. The third kappa shape index (κ3) is 1.09. The minimum Gasteiger partial charge on any atom is -0.478 e. The number of aromatic carboxylic acids is 1. The summed E-state index contributed by atoms with van der Waals surface area (Å²) in [6, 6.07) is 6.55. The number of hydrogen-bond acceptors (Lipinski definition) is 1. The fourth-order valence-electron chi connectivity index (χ4n) is 1.35. The first-order valence-electron chi connectivity index (χ1n) is 5.25. The van der Waals surface area contributed by atoms with Gasteiger partial charge in [0.25, 0.3) is 0 Å². The Labute approximate surface area is 79.4 Å². The van der Waals surface area contributed by atoms with Crippen molar-refractivity contribution in [1.29, 1.82) is 0 Å². The number of carboxylic acids is 1. The first-order chi connectivity index (χ1) is 7.41. The van der Waals surface area contributed by atoms with Gasteiger partial charge in [0.05, 0.1) is 5.56 Å². The van der Waals surface area contributed by atoms with Gasteiger partial charge in [0.15, 0.2) is 0 Å². The zero-order valence-electron chi connectivity index (χ0n) is 9.69. The number of rotatable bonds is 1. The molecular weight excluding hydrogens is 166 g/mol. The summed E-state index contributed by atoms with van der Waals surface area (Å²) in [5.74, 6) is -1.13. The maximum absolute atomic E-state index is 11.0. The van der Waals surface area contributed by atoms with Crippen LogP contribution in [0.4, 0.5) is 0 Å². The van der Waals surface area contributed by atoms with Crippen LogP contribution in [0.1, 0.15) is 14.5 Å². The zero-order chi connectivity index (χ0) is 11.9. The van der Waals surface area contributed by atoms with Crippen molar-refractivity contribution >= 4 is 16.9 Å². The molecule has 1 aromatic heterocycles. The smallest absolute Gasteiger partial charge is 0.337 e. The first kappa shape index (κ1) is 5.07. The summed E-state index contributed by atoms with van der Waals surface area (Å²) in [4.78, 5) is 11.0. The number of para-hydroxylation sites is 1. The van der Waals surface area contributed by atoms with Crippen molar-refractivity contribution < 1.29 is 14.0 Å². The van der Waals surface area contributed by atoms with Gasteiger partial charge in [0.2, 0.25) is 0 Å². The number of fused-ring (bicyclic) bond motifs is 1. The van der Waals surface area contributed by atoms with E-state index in [-0.39, 0.29) is 5.56 Å². The maximum atomic E-state index is 11.0. The van der Waals surface area contributed by atoms with Crippen LogP contribution in [0.25, 0.3) is 10.9 Å². The highest BCUT2D eigenvalue weighted by Crippen LogP contribution is 2.19. The monoisotopic (exact) mass is 178 g/mol. The topological polar surface area (TPSA) is 42.2 Å². The van der Waals surface area contributed by atoms with E-state index in [9.17, 15) is 4.79 Å². The van der Waals surface area contributed by atoms with Gasteiger partial charge < -0.3 is 9.67 Å². The minimum absolute atomic E-state index is 0.00623. The molecule has 13 heavy (non-hydrogen) atoms. The van der Waals surface area contributed by atoms with Crippen molar-refractivity contribution in [2.45, 2.75) is 0 Å². The van der Waals surface area contributed by atoms with Crippen molar-refractivity contribution in [2.24, 2.45) is 6.98 Å². The standard InChI is InChI=1S/C10H9NO2/c1-11-6-8(10(12)13)7-4-2-3-5-9(7)11/h2-6H,1H3,(H,12,13)/i1D3. The zero-order valence-corrected chi connectivity index (χ0v) is 6.69. The Bertz CT molecular complexity index is 557. The molecule has 2 rings (SSSR count). The summed E-state index contributed by atoms with van der Waals surface area (Å²) in [6.45, 7) is -2.37. The van der Waals surface area contributed by atoms with Gasteiger partial charge in [0.1, 0.15) is 0 Å². The van der Waals surface area contributed by atoms with Crippen molar-refractivity contribution in [3.05, 3.63) is 36.0 Å². The van der Waals surface area contributed by atoms with Crippen LogP contribution in [0.3, 0.4) is 0 Å².